The minimum atomic E-state index is -0.143. The second-order valence-electron chi connectivity index (χ2n) is 5.69. The minimum absolute atomic E-state index is 0.0142. The average Bonchev–Trinajstić information content (AvgIpc) is 2.64. The van der Waals surface area contributed by atoms with Gasteiger partial charge in [0, 0.05) is 35.8 Å². The van der Waals surface area contributed by atoms with Crippen LogP contribution in [0.15, 0.2) is 48.5 Å². The molecule has 0 bridgehead atoms. The van der Waals surface area contributed by atoms with E-state index < -0.39 is 0 Å². The van der Waals surface area contributed by atoms with Gasteiger partial charge in [-0.15, -0.1) is 0 Å². The summed E-state index contributed by atoms with van der Waals surface area (Å²) in [5.74, 6) is -0.157. The summed E-state index contributed by atoms with van der Waals surface area (Å²) < 4.78 is 0. The van der Waals surface area contributed by atoms with Crippen molar-refractivity contribution in [1.82, 2.24) is 10.2 Å². The Bertz CT molecular complexity index is 707. The van der Waals surface area contributed by atoms with Gasteiger partial charge in [-0.1, -0.05) is 23.7 Å². The maximum Gasteiger partial charge on any atom is 0.253 e. The molecule has 132 valence electrons. The SMILES string of the molecule is CCN(CC)C(=O)c1ccc(C(=O)NCCc2ccc(Cl)cc2)cc1. The summed E-state index contributed by atoms with van der Waals surface area (Å²) in [5, 5.41) is 3.59. The third kappa shape index (κ3) is 5.33. The van der Waals surface area contributed by atoms with Crippen molar-refractivity contribution in [3.63, 3.8) is 0 Å². The lowest BCUT2D eigenvalue weighted by atomic mass is 10.1. The van der Waals surface area contributed by atoms with Crippen molar-refractivity contribution in [1.29, 1.82) is 0 Å². The molecule has 25 heavy (non-hydrogen) atoms. The largest absolute Gasteiger partial charge is 0.352 e. The summed E-state index contributed by atoms with van der Waals surface area (Å²) in [4.78, 5) is 26.2. The number of carbonyl (C=O) groups is 2. The van der Waals surface area contributed by atoms with Crippen LogP contribution >= 0.6 is 11.6 Å². The van der Waals surface area contributed by atoms with Gasteiger partial charge in [-0.05, 0) is 62.2 Å². The zero-order valence-electron chi connectivity index (χ0n) is 14.6. The van der Waals surface area contributed by atoms with Crippen LogP contribution < -0.4 is 5.32 Å². The number of nitrogens with one attached hydrogen (secondary N) is 1. The van der Waals surface area contributed by atoms with Gasteiger partial charge in [0.05, 0.1) is 0 Å². The van der Waals surface area contributed by atoms with Crippen molar-refractivity contribution in [2.24, 2.45) is 0 Å². The first-order chi connectivity index (χ1) is 12.0. The van der Waals surface area contributed by atoms with Crippen molar-refractivity contribution in [3.8, 4) is 0 Å². The molecule has 0 atom stereocenters. The maximum atomic E-state index is 12.3. The lowest BCUT2D eigenvalue weighted by molar-refractivity contribution is 0.0772. The molecule has 0 radical (unpaired) electrons. The molecular formula is C20H23ClN2O2. The van der Waals surface area contributed by atoms with Crippen LogP contribution in [-0.2, 0) is 6.42 Å². The molecule has 2 aromatic rings. The van der Waals surface area contributed by atoms with Gasteiger partial charge in [0.25, 0.3) is 11.8 Å². The average molecular weight is 359 g/mol. The van der Waals surface area contributed by atoms with E-state index in [0.29, 0.717) is 35.8 Å². The Hall–Kier alpha value is -2.33. The summed E-state index contributed by atoms with van der Waals surface area (Å²) >= 11 is 5.85. The molecule has 2 amide bonds. The monoisotopic (exact) mass is 358 g/mol. The molecule has 0 heterocycles. The predicted molar refractivity (Wildman–Crippen MR) is 101 cm³/mol. The number of hydrogen-bond donors (Lipinski definition) is 1. The van der Waals surface area contributed by atoms with Gasteiger partial charge in [0.2, 0.25) is 0 Å². The van der Waals surface area contributed by atoms with E-state index >= 15 is 0 Å². The number of amides is 2. The second-order valence-corrected chi connectivity index (χ2v) is 6.12. The van der Waals surface area contributed by atoms with Crippen LogP contribution in [0.3, 0.4) is 0 Å². The van der Waals surface area contributed by atoms with Crippen LogP contribution in [0.5, 0.6) is 0 Å². The highest BCUT2D eigenvalue weighted by Gasteiger charge is 2.13. The fourth-order valence-corrected chi connectivity index (χ4v) is 2.66. The predicted octanol–water partition coefficient (Wildman–Crippen LogP) is 3.79. The lowest BCUT2D eigenvalue weighted by Crippen LogP contribution is -2.30. The maximum absolute atomic E-state index is 12.3. The molecule has 2 aromatic carbocycles. The van der Waals surface area contributed by atoms with Crippen molar-refractivity contribution in [3.05, 3.63) is 70.2 Å². The molecule has 0 aromatic heterocycles. The van der Waals surface area contributed by atoms with Crippen LogP contribution in [0.4, 0.5) is 0 Å². The van der Waals surface area contributed by atoms with E-state index in [1.807, 2.05) is 38.1 Å². The quantitative estimate of drug-likeness (QED) is 0.818. The third-order valence-corrected chi connectivity index (χ3v) is 4.31. The molecule has 0 aliphatic heterocycles. The van der Waals surface area contributed by atoms with Crippen molar-refractivity contribution in [2.45, 2.75) is 20.3 Å². The van der Waals surface area contributed by atoms with Crippen LogP contribution in [0.25, 0.3) is 0 Å². The standard InChI is InChI=1S/C20H23ClN2O2/c1-3-23(4-2)20(25)17-9-7-16(8-10-17)19(24)22-14-13-15-5-11-18(21)12-6-15/h5-12H,3-4,13-14H2,1-2H3,(H,22,24). The Morgan fingerprint density at radius 1 is 0.920 bits per heavy atom. The fourth-order valence-electron chi connectivity index (χ4n) is 2.53. The Labute approximate surface area is 153 Å². The molecule has 0 fully saturated rings. The summed E-state index contributed by atoms with van der Waals surface area (Å²) in [6.45, 7) is 5.78. The number of carbonyl (C=O) groups excluding carboxylic acids is 2. The number of rotatable bonds is 7. The Balaban J connectivity index is 1.89. The fraction of sp³-hybridized carbons (Fsp3) is 0.300. The van der Waals surface area contributed by atoms with Gasteiger partial charge in [-0.2, -0.15) is 0 Å². The van der Waals surface area contributed by atoms with Gasteiger partial charge in [0.15, 0.2) is 0 Å². The summed E-state index contributed by atoms with van der Waals surface area (Å²) in [7, 11) is 0. The van der Waals surface area contributed by atoms with E-state index in [1.165, 1.54) is 0 Å². The van der Waals surface area contributed by atoms with Crippen LogP contribution in [0, 0.1) is 0 Å². The number of halogens is 1. The van der Waals surface area contributed by atoms with Crippen molar-refractivity contribution < 1.29 is 9.59 Å². The Morgan fingerprint density at radius 3 is 2.04 bits per heavy atom. The summed E-state index contributed by atoms with van der Waals surface area (Å²) in [6.07, 6.45) is 0.738. The van der Waals surface area contributed by atoms with E-state index in [2.05, 4.69) is 5.32 Å². The van der Waals surface area contributed by atoms with Crippen LogP contribution in [0.1, 0.15) is 40.1 Å². The van der Waals surface area contributed by atoms with Crippen LogP contribution in [0.2, 0.25) is 5.02 Å². The smallest absolute Gasteiger partial charge is 0.253 e. The highest BCUT2D eigenvalue weighted by molar-refractivity contribution is 6.30. The van der Waals surface area contributed by atoms with Gasteiger partial charge in [-0.3, -0.25) is 9.59 Å². The van der Waals surface area contributed by atoms with Gasteiger partial charge in [0.1, 0.15) is 0 Å². The zero-order valence-corrected chi connectivity index (χ0v) is 15.3. The van der Waals surface area contributed by atoms with Crippen LogP contribution in [-0.4, -0.2) is 36.3 Å². The van der Waals surface area contributed by atoms with Crippen molar-refractivity contribution >= 4 is 23.4 Å². The first kappa shape index (κ1) is 19.0. The molecule has 0 spiro atoms. The van der Waals surface area contributed by atoms with Crippen molar-refractivity contribution in [2.75, 3.05) is 19.6 Å². The first-order valence-corrected chi connectivity index (χ1v) is 8.85. The minimum Gasteiger partial charge on any atom is -0.352 e. The van der Waals surface area contributed by atoms with E-state index in [9.17, 15) is 9.59 Å². The zero-order chi connectivity index (χ0) is 18.2. The molecular weight excluding hydrogens is 336 g/mol. The molecule has 2 rings (SSSR count). The van der Waals surface area contributed by atoms with E-state index in [-0.39, 0.29) is 11.8 Å². The highest BCUT2D eigenvalue weighted by Crippen LogP contribution is 2.10. The lowest BCUT2D eigenvalue weighted by Gasteiger charge is -2.18. The second kappa shape index (κ2) is 9.23. The van der Waals surface area contributed by atoms with E-state index in [4.69, 9.17) is 11.6 Å². The molecule has 0 saturated carbocycles. The third-order valence-electron chi connectivity index (χ3n) is 4.06. The Kier molecular flexibility index (Phi) is 7.02. The Morgan fingerprint density at radius 2 is 1.48 bits per heavy atom. The molecule has 0 aliphatic carbocycles. The summed E-state index contributed by atoms with van der Waals surface area (Å²) in [6, 6.07) is 14.4. The van der Waals surface area contributed by atoms with Gasteiger partial charge >= 0.3 is 0 Å². The topological polar surface area (TPSA) is 49.4 Å². The molecule has 0 saturated heterocycles. The normalized spacial score (nSPS) is 10.4. The van der Waals surface area contributed by atoms with E-state index in [0.717, 1.165) is 12.0 Å². The number of nitrogens with zero attached hydrogens (tertiary/aromatic N) is 1. The van der Waals surface area contributed by atoms with Gasteiger partial charge in [-0.25, -0.2) is 0 Å². The molecule has 5 heteroatoms. The summed E-state index contributed by atoms with van der Waals surface area (Å²) in [5.41, 5.74) is 2.26. The number of hydrogen-bond acceptors (Lipinski definition) is 2. The van der Waals surface area contributed by atoms with Gasteiger partial charge < -0.3 is 10.2 Å². The molecule has 4 nitrogen and oxygen atoms in total. The molecule has 0 unspecified atom stereocenters. The highest BCUT2D eigenvalue weighted by atomic mass is 35.5. The molecule has 0 aliphatic rings. The molecule has 1 N–H and O–H groups in total. The first-order valence-electron chi connectivity index (χ1n) is 8.47. The number of benzene rings is 2. The van der Waals surface area contributed by atoms with E-state index in [1.54, 1.807) is 29.2 Å².